The second-order valence-corrected chi connectivity index (χ2v) is 4.31. The third-order valence-corrected chi connectivity index (χ3v) is 2.84. The van der Waals surface area contributed by atoms with Gasteiger partial charge in [-0.2, -0.15) is 5.26 Å². The molecule has 0 bridgehead atoms. The molecule has 21 heavy (non-hydrogen) atoms. The Balaban J connectivity index is 2.39. The summed E-state index contributed by atoms with van der Waals surface area (Å²) in [5, 5.41) is 22.2. The van der Waals surface area contributed by atoms with Gasteiger partial charge in [-0.1, -0.05) is 0 Å². The lowest BCUT2D eigenvalue weighted by atomic mass is 10.1. The fourth-order valence-electron chi connectivity index (χ4n) is 1.76. The van der Waals surface area contributed by atoms with Gasteiger partial charge in [-0.05, 0) is 30.7 Å². The Hall–Kier alpha value is -3.01. The third kappa shape index (κ3) is 2.95. The minimum atomic E-state index is -0.686. The molecule has 0 amide bonds. The summed E-state index contributed by atoms with van der Waals surface area (Å²) in [5.41, 5.74) is -0.216. The van der Waals surface area contributed by atoms with Crippen molar-refractivity contribution < 1.29 is 13.7 Å². The van der Waals surface area contributed by atoms with Gasteiger partial charge in [-0.25, -0.2) is 8.78 Å². The Labute approximate surface area is 118 Å². The molecule has 0 heterocycles. The van der Waals surface area contributed by atoms with Crippen LogP contribution in [0.2, 0.25) is 0 Å². The molecule has 5 nitrogen and oxygen atoms in total. The molecule has 1 N–H and O–H groups in total. The predicted octanol–water partition coefficient (Wildman–Crippen LogP) is 3.80. The van der Waals surface area contributed by atoms with E-state index in [0.29, 0.717) is 0 Å². The highest BCUT2D eigenvalue weighted by Crippen LogP contribution is 2.26. The zero-order valence-corrected chi connectivity index (χ0v) is 10.9. The molecule has 0 aliphatic heterocycles. The van der Waals surface area contributed by atoms with Crippen LogP contribution >= 0.6 is 0 Å². The zero-order valence-electron chi connectivity index (χ0n) is 10.9. The van der Waals surface area contributed by atoms with E-state index in [-0.39, 0.29) is 28.2 Å². The summed E-state index contributed by atoms with van der Waals surface area (Å²) in [6, 6.07) is 7.36. The first-order valence-electron chi connectivity index (χ1n) is 5.83. The highest BCUT2D eigenvalue weighted by atomic mass is 19.1. The molecule has 0 fully saturated rings. The van der Waals surface area contributed by atoms with Crippen molar-refractivity contribution in [3.63, 3.8) is 0 Å². The molecule has 7 heteroatoms. The molecule has 0 atom stereocenters. The lowest BCUT2D eigenvalue weighted by Crippen LogP contribution is -1.98. The summed E-state index contributed by atoms with van der Waals surface area (Å²) in [7, 11) is 0. The largest absolute Gasteiger partial charge is 0.353 e. The number of nitro groups is 1. The van der Waals surface area contributed by atoms with Crippen LogP contribution in [0.5, 0.6) is 0 Å². The van der Waals surface area contributed by atoms with Crippen LogP contribution in [0.15, 0.2) is 30.3 Å². The first kappa shape index (κ1) is 14.4. The normalized spacial score (nSPS) is 10.0. The van der Waals surface area contributed by atoms with Crippen molar-refractivity contribution >= 4 is 17.1 Å². The predicted molar refractivity (Wildman–Crippen MR) is 72.2 cm³/mol. The summed E-state index contributed by atoms with van der Waals surface area (Å²) in [5.74, 6) is -1.24. The van der Waals surface area contributed by atoms with Gasteiger partial charge < -0.3 is 5.32 Å². The maximum atomic E-state index is 13.7. The zero-order chi connectivity index (χ0) is 15.6. The number of aryl methyl sites for hydroxylation is 1. The summed E-state index contributed by atoms with van der Waals surface area (Å²) >= 11 is 0. The summed E-state index contributed by atoms with van der Waals surface area (Å²) < 4.78 is 27.1. The molecule has 106 valence electrons. The topological polar surface area (TPSA) is 79.0 Å². The van der Waals surface area contributed by atoms with Crippen LogP contribution in [0.1, 0.15) is 11.1 Å². The van der Waals surface area contributed by atoms with Crippen LogP contribution in [-0.4, -0.2) is 4.92 Å². The van der Waals surface area contributed by atoms with Crippen molar-refractivity contribution in [3.05, 3.63) is 63.2 Å². The van der Waals surface area contributed by atoms with Gasteiger partial charge in [0.2, 0.25) is 0 Å². The Morgan fingerprint density at radius 2 is 1.95 bits per heavy atom. The number of nitriles is 1. The van der Waals surface area contributed by atoms with Gasteiger partial charge in [0.15, 0.2) is 0 Å². The van der Waals surface area contributed by atoms with Crippen molar-refractivity contribution in [2.75, 3.05) is 5.32 Å². The second-order valence-electron chi connectivity index (χ2n) is 4.31. The van der Waals surface area contributed by atoms with Gasteiger partial charge in [-0.3, -0.25) is 10.1 Å². The van der Waals surface area contributed by atoms with E-state index in [1.165, 1.54) is 19.1 Å². The average molecular weight is 289 g/mol. The first-order chi connectivity index (χ1) is 9.92. The maximum absolute atomic E-state index is 13.7. The minimum absolute atomic E-state index is 0.115. The third-order valence-electron chi connectivity index (χ3n) is 2.84. The monoisotopic (exact) mass is 289 g/mol. The lowest BCUT2D eigenvalue weighted by molar-refractivity contribution is -0.385. The molecule has 0 radical (unpaired) electrons. The standard InChI is InChI=1S/C14H9F2N3O2/c1-8-4-12(16)13(6-11(8)15)18-10-2-3-14(19(20)21)9(5-10)7-17/h2-6,18H,1H3. The summed E-state index contributed by atoms with van der Waals surface area (Å²) in [6.45, 7) is 1.43. The Morgan fingerprint density at radius 3 is 2.57 bits per heavy atom. The van der Waals surface area contributed by atoms with Gasteiger partial charge in [0, 0.05) is 17.8 Å². The Kier molecular flexibility index (Phi) is 3.80. The molecule has 0 saturated heterocycles. The van der Waals surface area contributed by atoms with Crippen LogP contribution in [0.25, 0.3) is 0 Å². The van der Waals surface area contributed by atoms with Crippen LogP contribution in [0.3, 0.4) is 0 Å². The molecule has 0 saturated carbocycles. The van der Waals surface area contributed by atoms with Crippen LogP contribution in [0, 0.1) is 40.0 Å². The quantitative estimate of drug-likeness (QED) is 0.688. The number of hydrogen-bond donors (Lipinski definition) is 1. The number of anilines is 2. The van der Waals surface area contributed by atoms with E-state index in [4.69, 9.17) is 5.26 Å². The number of hydrogen-bond acceptors (Lipinski definition) is 4. The fraction of sp³-hybridized carbons (Fsp3) is 0.0714. The summed E-state index contributed by atoms with van der Waals surface area (Å²) in [4.78, 5) is 10.0. The molecular formula is C14H9F2N3O2. The van der Waals surface area contributed by atoms with Gasteiger partial charge in [0.05, 0.1) is 10.6 Å². The first-order valence-corrected chi connectivity index (χ1v) is 5.83. The molecule has 0 spiro atoms. The van der Waals surface area contributed by atoms with Crippen LogP contribution < -0.4 is 5.32 Å². The second kappa shape index (κ2) is 5.54. The van der Waals surface area contributed by atoms with Crippen molar-refractivity contribution in [2.45, 2.75) is 6.92 Å². The van der Waals surface area contributed by atoms with Gasteiger partial charge in [0.1, 0.15) is 23.3 Å². The molecule has 2 aromatic rings. The Bertz CT molecular complexity index is 770. The van der Waals surface area contributed by atoms with Gasteiger partial charge >= 0.3 is 0 Å². The molecule has 2 rings (SSSR count). The molecule has 0 unspecified atom stereocenters. The number of nitrogens with one attached hydrogen (secondary N) is 1. The minimum Gasteiger partial charge on any atom is -0.353 e. The lowest BCUT2D eigenvalue weighted by Gasteiger charge is -2.09. The highest BCUT2D eigenvalue weighted by Gasteiger charge is 2.14. The van der Waals surface area contributed by atoms with E-state index in [2.05, 4.69) is 5.32 Å². The van der Waals surface area contributed by atoms with Crippen molar-refractivity contribution in [1.29, 1.82) is 5.26 Å². The number of rotatable bonds is 3. The van der Waals surface area contributed by atoms with Gasteiger partial charge in [0.25, 0.3) is 5.69 Å². The van der Waals surface area contributed by atoms with E-state index in [1.54, 1.807) is 6.07 Å². The van der Waals surface area contributed by atoms with E-state index in [1.807, 2.05) is 0 Å². The van der Waals surface area contributed by atoms with Crippen LogP contribution in [-0.2, 0) is 0 Å². The van der Waals surface area contributed by atoms with E-state index in [0.717, 1.165) is 18.2 Å². The van der Waals surface area contributed by atoms with E-state index >= 15 is 0 Å². The number of nitrogens with zero attached hydrogens (tertiary/aromatic N) is 2. The van der Waals surface area contributed by atoms with Crippen molar-refractivity contribution in [1.82, 2.24) is 0 Å². The number of benzene rings is 2. The van der Waals surface area contributed by atoms with Gasteiger partial charge in [-0.15, -0.1) is 0 Å². The smallest absolute Gasteiger partial charge is 0.287 e. The number of nitro benzene ring substituents is 1. The Morgan fingerprint density at radius 1 is 1.24 bits per heavy atom. The fourth-order valence-corrected chi connectivity index (χ4v) is 1.76. The average Bonchev–Trinajstić information content (AvgIpc) is 2.44. The van der Waals surface area contributed by atoms with Crippen LogP contribution in [0.4, 0.5) is 25.8 Å². The van der Waals surface area contributed by atoms with E-state index < -0.39 is 16.6 Å². The highest BCUT2D eigenvalue weighted by molar-refractivity contribution is 5.65. The molecule has 0 aliphatic rings. The SMILES string of the molecule is Cc1cc(F)c(Nc2ccc([N+](=O)[O-])c(C#N)c2)cc1F. The number of halogens is 2. The molecule has 0 aliphatic carbocycles. The molecule has 2 aromatic carbocycles. The van der Waals surface area contributed by atoms with E-state index in [9.17, 15) is 18.9 Å². The molecular weight excluding hydrogens is 280 g/mol. The summed E-state index contributed by atoms with van der Waals surface area (Å²) in [6.07, 6.45) is 0. The van der Waals surface area contributed by atoms with Crippen molar-refractivity contribution in [3.8, 4) is 6.07 Å². The maximum Gasteiger partial charge on any atom is 0.287 e. The molecule has 0 aromatic heterocycles. The van der Waals surface area contributed by atoms with Crippen molar-refractivity contribution in [2.24, 2.45) is 0 Å².